The second-order valence-electron chi connectivity index (χ2n) is 20.4. The zero-order chi connectivity index (χ0) is 37.6. The number of anilines is 1. The molecule has 0 spiro atoms. The van der Waals surface area contributed by atoms with Gasteiger partial charge in [-0.15, -0.1) is 5.10 Å². The Labute approximate surface area is 313 Å². The molecule has 292 valence electrons. The molecule has 7 rings (SSSR count). The van der Waals surface area contributed by atoms with Crippen molar-refractivity contribution in [1.29, 1.82) is 0 Å². The first kappa shape index (κ1) is 38.2. The number of carboxylic acid groups (broad SMARTS) is 1. The second kappa shape index (κ2) is 13.0. The van der Waals surface area contributed by atoms with E-state index in [2.05, 4.69) is 95.6 Å². The quantitative estimate of drug-likeness (QED) is 0.247. The van der Waals surface area contributed by atoms with Gasteiger partial charge in [-0.25, -0.2) is 0 Å². The van der Waals surface area contributed by atoms with Crippen LogP contribution >= 0.6 is 0 Å². The highest BCUT2D eigenvalue weighted by Gasteiger charge is 2.73. The van der Waals surface area contributed by atoms with Crippen molar-refractivity contribution in [2.45, 2.75) is 145 Å². The van der Waals surface area contributed by atoms with Gasteiger partial charge >= 0.3 is 5.97 Å². The number of nitrogens with two attached hydrogens (primary N) is 1. The van der Waals surface area contributed by atoms with Gasteiger partial charge < -0.3 is 20.3 Å². The molecule has 6 aliphatic rings. The zero-order valence-electron chi connectivity index (χ0n) is 34.1. The first-order valence-electron chi connectivity index (χ1n) is 20.8. The predicted molar refractivity (Wildman–Crippen MR) is 203 cm³/mol. The Bertz CT molecular complexity index is 1540. The SMILES string of the molecule is CC(C)[C@@H](C)[C@@]1(C)CC[C@]2(C)[C@H]3CC[C@@H]4[C@@]5(C)COC[C@@]4(C3=CC[C@@]2(C)[C@@H]1C(=O)O)[C@@H](OC[C@@](C)(C(C)C)N1CCCCC1)[C@H](n1nnc(N)n1)C5. The van der Waals surface area contributed by atoms with Crippen molar-refractivity contribution >= 4 is 11.9 Å². The zero-order valence-corrected chi connectivity index (χ0v) is 34.1. The van der Waals surface area contributed by atoms with Gasteiger partial charge in [-0.2, -0.15) is 4.80 Å². The lowest BCUT2D eigenvalue weighted by molar-refractivity contribution is -0.258. The average Bonchev–Trinajstić information content (AvgIpc) is 3.53. The molecular formula is C42H70N6O4. The number of nitrogen functional groups attached to an aromatic ring is 1. The van der Waals surface area contributed by atoms with Crippen molar-refractivity contribution in [3.63, 3.8) is 0 Å². The monoisotopic (exact) mass is 723 g/mol. The van der Waals surface area contributed by atoms with Crippen LogP contribution in [0.2, 0.25) is 0 Å². The Hall–Kier alpha value is -2.04. The van der Waals surface area contributed by atoms with Gasteiger partial charge in [0.15, 0.2) is 0 Å². The van der Waals surface area contributed by atoms with Crippen molar-refractivity contribution in [2.75, 3.05) is 38.6 Å². The van der Waals surface area contributed by atoms with Crippen LogP contribution in [0.25, 0.3) is 0 Å². The molecule has 3 N–H and O–H groups in total. The first-order valence-corrected chi connectivity index (χ1v) is 20.8. The van der Waals surface area contributed by atoms with Gasteiger partial charge in [0.05, 0.1) is 31.8 Å². The molecule has 4 aliphatic carbocycles. The minimum absolute atomic E-state index is 0.103. The fourth-order valence-corrected chi connectivity index (χ4v) is 13.7. The summed E-state index contributed by atoms with van der Waals surface area (Å²) in [4.78, 5) is 18.1. The van der Waals surface area contributed by atoms with E-state index in [9.17, 15) is 9.90 Å². The molecule has 2 bridgehead atoms. The van der Waals surface area contributed by atoms with Gasteiger partial charge in [0, 0.05) is 11.0 Å². The molecule has 52 heavy (non-hydrogen) atoms. The Morgan fingerprint density at radius 1 is 1.06 bits per heavy atom. The van der Waals surface area contributed by atoms with Crippen LogP contribution in [0.5, 0.6) is 0 Å². The van der Waals surface area contributed by atoms with Crippen LogP contribution in [-0.4, -0.2) is 80.7 Å². The van der Waals surface area contributed by atoms with E-state index in [-0.39, 0.29) is 51.2 Å². The molecule has 5 fully saturated rings. The average molecular weight is 723 g/mol. The number of aromatic nitrogens is 4. The summed E-state index contributed by atoms with van der Waals surface area (Å²) in [5, 5.41) is 24.6. The number of tetrazole rings is 1. The van der Waals surface area contributed by atoms with Crippen molar-refractivity contribution in [2.24, 2.45) is 62.6 Å². The summed E-state index contributed by atoms with van der Waals surface area (Å²) in [6.45, 7) is 27.5. The largest absolute Gasteiger partial charge is 0.481 e. The van der Waals surface area contributed by atoms with Crippen LogP contribution in [0.15, 0.2) is 11.6 Å². The van der Waals surface area contributed by atoms with E-state index in [1.807, 2.05) is 0 Å². The lowest BCUT2D eigenvalue weighted by Crippen LogP contribution is -2.70. The highest BCUT2D eigenvalue weighted by Crippen LogP contribution is 2.75. The third-order valence-corrected chi connectivity index (χ3v) is 17.6. The number of hydrogen-bond donors (Lipinski definition) is 2. The molecule has 2 saturated heterocycles. The van der Waals surface area contributed by atoms with E-state index in [0.29, 0.717) is 43.5 Å². The number of piperidine rings is 1. The predicted octanol–water partition coefficient (Wildman–Crippen LogP) is 7.67. The van der Waals surface area contributed by atoms with Gasteiger partial charge in [-0.05, 0) is 128 Å². The van der Waals surface area contributed by atoms with Crippen molar-refractivity contribution < 1.29 is 19.4 Å². The molecule has 0 amide bonds. The highest BCUT2D eigenvalue weighted by molar-refractivity contribution is 5.73. The number of ether oxygens (including phenoxy) is 2. The van der Waals surface area contributed by atoms with Gasteiger partial charge in [0.1, 0.15) is 6.04 Å². The molecular weight excluding hydrogens is 652 g/mol. The number of carboxylic acids is 1. The molecule has 3 heterocycles. The molecule has 10 heteroatoms. The van der Waals surface area contributed by atoms with Gasteiger partial charge in [0.25, 0.3) is 5.95 Å². The lowest BCUT2D eigenvalue weighted by Gasteiger charge is -2.71. The molecule has 0 aromatic carbocycles. The third kappa shape index (κ3) is 5.32. The van der Waals surface area contributed by atoms with Crippen LogP contribution in [-0.2, 0) is 14.3 Å². The molecule has 12 atom stereocenters. The van der Waals surface area contributed by atoms with Crippen LogP contribution in [0.4, 0.5) is 5.95 Å². The number of carbonyl (C=O) groups is 1. The maximum Gasteiger partial charge on any atom is 0.307 e. The number of fused-ring (bicyclic) bond motifs is 3. The molecule has 2 aliphatic heterocycles. The van der Waals surface area contributed by atoms with Crippen molar-refractivity contribution in [1.82, 2.24) is 25.1 Å². The minimum Gasteiger partial charge on any atom is -0.481 e. The van der Waals surface area contributed by atoms with E-state index < -0.39 is 17.3 Å². The number of likely N-dealkylation sites (tertiary alicyclic amines) is 1. The van der Waals surface area contributed by atoms with Gasteiger partial charge in [-0.1, -0.05) is 85.5 Å². The maximum atomic E-state index is 13.6. The van der Waals surface area contributed by atoms with E-state index in [4.69, 9.17) is 15.2 Å². The standard InChI is InChI=1S/C42H70N6O4/c1-26(2)28(5)38(7)18-19-39(8)29-14-15-32-37(6)22-31(48-45-36(43)44-46-48)34(52-24-41(10,27(3)4)47-20-12-11-13-21-47)42(32,25-51-23-37)30(29)16-17-40(39,9)33(38)35(49)50/h16,26-29,31-34H,11-15,17-25H2,1-10H3,(H2,43,45)(H,49,50)/t28-,29+,31-,32-,33-,34+,37-,38-,39-,40+,41+,42+/m1/s1. The minimum atomic E-state index is -0.625. The molecule has 0 radical (unpaired) electrons. The first-order chi connectivity index (χ1) is 24.4. The summed E-state index contributed by atoms with van der Waals surface area (Å²) in [6, 6.07) is -0.151. The summed E-state index contributed by atoms with van der Waals surface area (Å²) in [6.07, 6.45) is 11.7. The topological polar surface area (TPSA) is 129 Å². The highest BCUT2D eigenvalue weighted by atomic mass is 16.5. The summed E-state index contributed by atoms with van der Waals surface area (Å²) in [5.41, 5.74) is 6.15. The summed E-state index contributed by atoms with van der Waals surface area (Å²) in [7, 11) is 0. The number of allylic oxidation sites excluding steroid dienone is 1. The molecule has 0 unspecified atom stereocenters. The maximum absolute atomic E-state index is 13.6. The van der Waals surface area contributed by atoms with Crippen molar-refractivity contribution in [3.05, 3.63) is 11.6 Å². The molecule has 10 nitrogen and oxygen atoms in total. The van der Waals surface area contributed by atoms with Crippen LogP contribution < -0.4 is 5.73 Å². The molecule has 3 saturated carbocycles. The Morgan fingerprint density at radius 2 is 1.77 bits per heavy atom. The van der Waals surface area contributed by atoms with E-state index in [1.54, 1.807) is 4.80 Å². The fraction of sp³-hybridized carbons (Fsp3) is 0.905. The third-order valence-electron chi connectivity index (χ3n) is 17.6. The number of hydrogen-bond acceptors (Lipinski definition) is 8. The number of rotatable bonds is 9. The Morgan fingerprint density at radius 3 is 2.38 bits per heavy atom. The normalized spacial score (nSPS) is 43.9. The molecule has 1 aromatic heterocycles. The van der Waals surface area contributed by atoms with Crippen LogP contribution in [0.1, 0.15) is 133 Å². The smallest absolute Gasteiger partial charge is 0.307 e. The van der Waals surface area contributed by atoms with E-state index >= 15 is 0 Å². The van der Waals surface area contributed by atoms with Gasteiger partial charge in [0.2, 0.25) is 0 Å². The van der Waals surface area contributed by atoms with Gasteiger partial charge in [-0.3, -0.25) is 9.69 Å². The summed E-state index contributed by atoms with van der Waals surface area (Å²) in [5.74, 6) is 0.868. The fourth-order valence-electron chi connectivity index (χ4n) is 13.7. The van der Waals surface area contributed by atoms with E-state index in [1.165, 1.54) is 24.8 Å². The second-order valence-corrected chi connectivity index (χ2v) is 20.4. The number of nitrogens with zero attached hydrogens (tertiary/aromatic N) is 5. The van der Waals surface area contributed by atoms with Crippen LogP contribution in [0.3, 0.4) is 0 Å². The summed E-state index contributed by atoms with van der Waals surface area (Å²) < 4.78 is 14.4. The van der Waals surface area contributed by atoms with Crippen LogP contribution in [0, 0.1) is 62.6 Å². The van der Waals surface area contributed by atoms with E-state index in [0.717, 1.165) is 51.6 Å². The van der Waals surface area contributed by atoms with Crippen molar-refractivity contribution in [3.8, 4) is 0 Å². The molecule has 1 aromatic rings. The summed E-state index contributed by atoms with van der Waals surface area (Å²) >= 11 is 0. The Kier molecular flexibility index (Phi) is 9.58. The Balaban J connectivity index is 1.36. The number of aliphatic carboxylic acids is 1. The lowest BCUT2D eigenvalue weighted by atomic mass is 9.34.